The second-order valence-electron chi connectivity index (χ2n) is 4.53. The topological polar surface area (TPSA) is 38.9 Å². The molecule has 2 N–H and O–H groups in total. The van der Waals surface area contributed by atoms with Gasteiger partial charge in [-0.25, -0.2) is 4.98 Å². The van der Waals surface area contributed by atoms with Gasteiger partial charge in [-0.1, -0.05) is 30.0 Å². The summed E-state index contributed by atoms with van der Waals surface area (Å²) in [7, 11) is 0. The molecule has 102 valence electrons. The van der Waals surface area contributed by atoms with Gasteiger partial charge in [-0.15, -0.1) is 11.3 Å². The van der Waals surface area contributed by atoms with Crippen LogP contribution in [0.2, 0.25) is 0 Å². The first-order valence-corrected chi connectivity index (χ1v) is 8.64. The Balaban J connectivity index is 1.90. The minimum Gasteiger partial charge on any atom is -0.324 e. The van der Waals surface area contributed by atoms with Crippen LogP contribution in [0, 0.1) is 0 Å². The zero-order valence-corrected chi connectivity index (χ0v) is 14.1. The molecule has 0 saturated carbocycles. The molecule has 3 rings (SSSR count). The average Bonchev–Trinajstić information content (AvgIpc) is 2.83. The molecule has 0 radical (unpaired) electrons. The molecule has 0 spiro atoms. The first kappa shape index (κ1) is 14.1. The Morgan fingerprint density at radius 3 is 2.75 bits per heavy atom. The van der Waals surface area contributed by atoms with Crippen LogP contribution in [0.4, 0.5) is 0 Å². The Hall–Kier alpha value is -0.880. The molecule has 0 saturated heterocycles. The van der Waals surface area contributed by atoms with Crippen molar-refractivity contribution in [2.24, 2.45) is 5.73 Å². The lowest BCUT2D eigenvalue weighted by Crippen LogP contribution is -2.04. The number of halogens is 1. The molecular weight excluding hydrogens is 352 g/mol. The van der Waals surface area contributed by atoms with E-state index in [1.165, 1.54) is 4.70 Å². The highest BCUT2D eigenvalue weighted by Crippen LogP contribution is 2.38. The van der Waals surface area contributed by atoms with Gasteiger partial charge in [0, 0.05) is 15.4 Å². The van der Waals surface area contributed by atoms with Crippen molar-refractivity contribution in [3.8, 4) is 0 Å². The van der Waals surface area contributed by atoms with E-state index >= 15 is 0 Å². The third-order valence-corrected chi connectivity index (χ3v) is 6.04. The molecule has 0 fully saturated rings. The average molecular weight is 365 g/mol. The highest BCUT2D eigenvalue weighted by molar-refractivity contribution is 9.10. The van der Waals surface area contributed by atoms with Crippen molar-refractivity contribution in [2.75, 3.05) is 0 Å². The van der Waals surface area contributed by atoms with Crippen LogP contribution in [-0.2, 0) is 0 Å². The number of fused-ring (bicyclic) bond motifs is 1. The van der Waals surface area contributed by atoms with E-state index in [-0.39, 0.29) is 6.04 Å². The zero-order chi connectivity index (χ0) is 14.1. The Kier molecular flexibility index (Phi) is 4.12. The van der Waals surface area contributed by atoms with Gasteiger partial charge in [-0.3, -0.25) is 0 Å². The van der Waals surface area contributed by atoms with Crippen LogP contribution in [0.3, 0.4) is 0 Å². The molecule has 20 heavy (non-hydrogen) atoms. The Bertz CT molecular complexity index is 719. The van der Waals surface area contributed by atoms with Gasteiger partial charge in [0.05, 0.1) is 10.2 Å². The lowest BCUT2D eigenvalue weighted by molar-refractivity contribution is 0.815. The smallest absolute Gasteiger partial charge is 0.155 e. The maximum absolute atomic E-state index is 5.90. The summed E-state index contributed by atoms with van der Waals surface area (Å²) in [6, 6.07) is 14.5. The van der Waals surface area contributed by atoms with Crippen molar-refractivity contribution in [3.05, 3.63) is 52.5 Å². The fraction of sp³-hybridized carbons (Fsp3) is 0.133. The standard InChI is InChI=1S/C15H13BrN2S2/c1-9(17)10-6-7-13(11(16)8-10)19-15-18-12-4-2-3-5-14(12)20-15/h2-9H,17H2,1H3. The summed E-state index contributed by atoms with van der Waals surface area (Å²) in [5, 5.41) is 0. The van der Waals surface area contributed by atoms with Crippen LogP contribution >= 0.6 is 39.0 Å². The van der Waals surface area contributed by atoms with Gasteiger partial charge in [-0.05, 0) is 52.7 Å². The predicted octanol–water partition coefficient (Wildman–Crippen LogP) is 5.23. The van der Waals surface area contributed by atoms with Crippen molar-refractivity contribution in [1.29, 1.82) is 0 Å². The van der Waals surface area contributed by atoms with Gasteiger partial charge < -0.3 is 5.73 Å². The summed E-state index contributed by atoms with van der Waals surface area (Å²) in [6.07, 6.45) is 0. The summed E-state index contributed by atoms with van der Waals surface area (Å²) in [6.45, 7) is 1.99. The number of nitrogens with two attached hydrogens (primary N) is 1. The Labute approximate surface area is 134 Å². The largest absolute Gasteiger partial charge is 0.324 e. The highest BCUT2D eigenvalue weighted by Gasteiger charge is 2.09. The summed E-state index contributed by atoms with van der Waals surface area (Å²) in [5.74, 6) is 0. The van der Waals surface area contributed by atoms with Crippen LogP contribution in [0.1, 0.15) is 18.5 Å². The second-order valence-corrected chi connectivity index (χ2v) is 7.70. The predicted molar refractivity (Wildman–Crippen MR) is 90.5 cm³/mol. The van der Waals surface area contributed by atoms with Crippen LogP contribution in [0.25, 0.3) is 10.2 Å². The lowest BCUT2D eigenvalue weighted by atomic mass is 10.1. The fourth-order valence-electron chi connectivity index (χ4n) is 1.87. The van der Waals surface area contributed by atoms with Gasteiger partial charge >= 0.3 is 0 Å². The highest BCUT2D eigenvalue weighted by atomic mass is 79.9. The molecule has 0 aliphatic carbocycles. The Morgan fingerprint density at radius 2 is 2.05 bits per heavy atom. The fourth-order valence-corrected chi connectivity index (χ4v) is 4.54. The number of aromatic nitrogens is 1. The van der Waals surface area contributed by atoms with E-state index in [9.17, 15) is 0 Å². The molecule has 2 nitrogen and oxygen atoms in total. The van der Waals surface area contributed by atoms with E-state index in [4.69, 9.17) is 5.73 Å². The third kappa shape index (κ3) is 2.91. The summed E-state index contributed by atoms with van der Waals surface area (Å²) >= 11 is 7.01. The van der Waals surface area contributed by atoms with Crippen molar-refractivity contribution >= 4 is 49.2 Å². The van der Waals surface area contributed by atoms with E-state index in [2.05, 4.69) is 45.2 Å². The molecule has 1 aromatic heterocycles. The van der Waals surface area contributed by atoms with Gasteiger partial charge in [0.15, 0.2) is 4.34 Å². The van der Waals surface area contributed by atoms with E-state index in [0.29, 0.717) is 0 Å². The van der Waals surface area contributed by atoms with Crippen LogP contribution in [0.5, 0.6) is 0 Å². The number of thiazole rings is 1. The van der Waals surface area contributed by atoms with E-state index in [1.54, 1.807) is 23.1 Å². The molecule has 0 amide bonds. The number of benzene rings is 2. The van der Waals surface area contributed by atoms with Gasteiger partial charge in [-0.2, -0.15) is 0 Å². The monoisotopic (exact) mass is 364 g/mol. The summed E-state index contributed by atoms with van der Waals surface area (Å²) in [4.78, 5) is 5.80. The van der Waals surface area contributed by atoms with Crippen molar-refractivity contribution in [2.45, 2.75) is 22.2 Å². The summed E-state index contributed by atoms with van der Waals surface area (Å²) in [5.41, 5.74) is 8.09. The molecule has 0 aliphatic rings. The molecule has 0 aliphatic heterocycles. The molecule has 3 aromatic rings. The molecule has 0 bridgehead atoms. The number of rotatable bonds is 3. The number of hydrogen-bond acceptors (Lipinski definition) is 4. The number of hydrogen-bond donors (Lipinski definition) is 1. The van der Waals surface area contributed by atoms with Gasteiger partial charge in [0.25, 0.3) is 0 Å². The first-order valence-electron chi connectivity index (χ1n) is 6.22. The molecule has 2 aromatic carbocycles. The van der Waals surface area contributed by atoms with Crippen molar-refractivity contribution < 1.29 is 0 Å². The molecule has 1 unspecified atom stereocenters. The van der Waals surface area contributed by atoms with Crippen molar-refractivity contribution in [3.63, 3.8) is 0 Å². The van der Waals surface area contributed by atoms with Crippen LogP contribution in [0.15, 0.2) is 56.2 Å². The SMILES string of the molecule is CC(N)c1ccc(Sc2nc3ccccc3s2)c(Br)c1. The first-order chi connectivity index (χ1) is 9.63. The van der Waals surface area contributed by atoms with Gasteiger partial charge in [0.1, 0.15) is 0 Å². The molecular formula is C15H13BrN2S2. The summed E-state index contributed by atoms with van der Waals surface area (Å²) < 4.78 is 3.34. The Morgan fingerprint density at radius 1 is 1.25 bits per heavy atom. The quantitative estimate of drug-likeness (QED) is 0.691. The van der Waals surface area contributed by atoms with Gasteiger partial charge in [0.2, 0.25) is 0 Å². The normalized spacial score (nSPS) is 12.8. The third-order valence-electron chi connectivity index (χ3n) is 2.95. The minimum atomic E-state index is 0.0489. The molecule has 1 heterocycles. The molecule has 5 heteroatoms. The van der Waals surface area contributed by atoms with E-state index in [1.807, 2.05) is 25.1 Å². The van der Waals surface area contributed by atoms with Crippen LogP contribution in [-0.4, -0.2) is 4.98 Å². The zero-order valence-electron chi connectivity index (χ0n) is 10.8. The minimum absolute atomic E-state index is 0.0489. The number of para-hydroxylation sites is 1. The maximum atomic E-state index is 5.90. The lowest BCUT2D eigenvalue weighted by Gasteiger charge is -2.08. The van der Waals surface area contributed by atoms with E-state index < -0.39 is 0 Å². The maximum Gasteiger partial charge on any atom is 0.155 e. The van der Waals surface area contributed by atoms with Crippen LogP contribution < -0.4 is 5.73 Å². The van der Waals surface area contributed by atoms with E-state index in [0.717, 1.165) is 24.8 Å². The van der Waals surface area contributed by atoms with Crippen molar-refractivity contribution in [1.82, 2.24) is 4.98 Å². The molecule has 1 atom stereocenters. The number of nitrogens with zero attached hydrogens (tertiary/aromatic N) is 1. The second kappa shape index (κ2) is 5.85.